The minimum atomic E-state index is -1.33. The molecule has 4 amide bonds. The molecule has 5 fully saturated rings. The zero-order valence-corrected chi connectivity index (χ0v) is 25.2. The van der Waals surface area contributed by atoms with Crippen molar-refractivity contribution >= 4 is 24.0 Å². The molecule has 44 heavy (non-hydrogen) atoms. The van der Waals surface area contributed by atoms with Gasteiger partial charge in [0.2, 0.25) is 5.91 Å². The maximum atomic E-state index is 13.8. The third-order valence-electron chi connectivity index (χ3n) is 7.68. The zero-order chi connectivity index (χ0) is 31.4. The lowest BCUT2D eigenvalue weighted by molar-refractivity contribution is -0.275. The van der Waals surface area contributed by atoms with Gasteiger partial charge in [-0.05, 0) is 45.7 Å². The van der Waals surface area contributed by atoms with Crippen LogP contribution in [0, 0.1) is 0 Å². The molecular weight excluding hydrogens is 572 g/mol. The number of fused-ring (bicyclic) bond motifs is 1. The van der Waals surface area contributed by atoms with E-state index in [4.69, 9.17) is 23.8 Å². The lowest BCUT2D eigenvalue weighted by Crippen LogP contribution is -2.78. The standard InChI is InChI=1S/C31H36N4O9/c1-30(2,3)43-28(38)34-26-25-24(41-31(4,5)42-25)23(44-35(26)29(39)40-17-19-14-10-7-11-15-19)22-21(27(37)33(22)34)32-20(36)16-18-12-8-6-9-13-18/h6-15,21-26H,16-17H2,1-5H3,(H,32,36). The van der Waals surface area contributed by atoms with Crippen LogP contribution in [0.3, 0.4) is 0 Å². The molecule has 0 aromatic heterocycles. The molecule has 234 valence electrons. The number of hydrogen-bond donors (Lipinski definition) is 1. The minimum Gasteiger partial charge on any atom is -0.443 e. The van der Waals surface area contributed by atoms with Gasteiger partial charge < -0.3 is 24.3 Å². The molecule has 1 N–H and O–H groups in total. The number of hydrogen-bond acceptors (Lipinski definition) is 9. The van der Waals surface area contributed by atoms with Crippen molar-refractivity contribution in [1.82, 2.24) is 20.4 Å². The highest BCUT2D eigenvalue weighted by Crippen LogP contribution is 2.47. The molecule has 13 heteroatoms. The van der Waals surface area contributed by atoms with Gasteiger partial charge in [0, 0.05) is 0 Å². The van der Waals surface area contributed by atoms with Crippen molar-refractivity contribution in [3.05, 3.63) is 71.8 Å². The largest absolute Gasteiger partial charge is 0.443 e. The molecule has 5 saturated heterocycles. The number of ether oxygens (including phenoxy) is 4. The number of carbonyl (C=O) groups excluding carboxylic acids is 4. The van der Waals surface area contributed by atoms with Crippen LogP contribution in [-0.2, 0) is 46.4 Å². The van der Waals surface area contributed by atoms with Crippen LogP contribution < -0.4 is 5.32 Å². The number of benzene rings is 2. The molecule has 0 spiro atoms. The number of nitrogens with one attached hydrogen (secondary N) is 1. The number of hydrazine groups is 1. The molecule has 13 nitrogen and oxygen atoms in total. The molecule has 5 aliphatic heterocycles. The molecule has 5 aliphatic rings. The van der Waals surface area contributed by atoms with Crippen LogP contribution in [0.15, 0.2) is 60.7 Å². The summed E-state index contributed by atoms with van der Waals surface area (Å²) in [6.45, 7) is 8.41. The number of nitrogens with zero attached hydrogens (tertiary/aromatic N) is 3. The Hall–Kier alpha value is -4.20. The predicted octanol–water partition coefficient (Wildman–Crippen LogP) is 2.89. The molecule has 6 unspecified atom stereocenters. The van der Waals surface area contributed by atoms with Crippen molar-refractivity contribution in [2.75, 3.05) is 0 Å². The van der Waals surface area contributed by atoms with Gasteiger partial charge in [0.05, 0.1) is 6.42 Å². The lowest BCUT2D eigenvalue weighted by Gasteiger charge is -2.50. The smallest absolute Gasteiger partial charge is 0.436 e. The van der Waals surface area contributed by atoms with E-state index in [2.05, 4.69) is 5.32 Å². The average Bonchev–Trinajstić information content (AvgIpc) is 3.18. The summed E-state index contributed by atoms with van der Waals surface area (Å²) in [5, 5.41) is 5.94. The van der Waals surface area contributed by atoms with E-state index in [0.717, 1.165) is 21.2 Å². The first-order chi connectivity index (χ1) is 20.8. The molecule has 0 aliphatic carbocycles. The van der Waals surface area contributed by atoms with Crippen molar-refractivity contribution < 1.29 is 43.0 Å². The summed E-state index contributed by atoms with van der Waals surface area (Å²) < 4.78 is 23.8. The van der Waals surface area contributed by atoms with Crippen LogP contribution in [-0.4, -0.2) is 87.0 Å². The molecule has 2 aromatic rings. The third-order valence-corrected chi connectivity index (χ3v) is 7.68. The van der Waals surface area contributed by atoms with Crippen LogP contribution in [0.1, 0.15) is 45.7 Å². The summed E-state index contributed by atoms with van der Waals surface area (Å²) in [5.41, 5.74) is 0.562. The Morgan fingerprint density at radius 2 is 1.50 bits per heavy atom. The average molecular weight is 609 g/mol. The number of hydroxylamine groups is 2. The van der Waals surface area contributed by atoms with E-state index in [1.165, 1.54) is 5.01 Å². The number of amides is 4. The summed E-state index contributed by atoms with van der Waals surface area (Å²) in [7, 11) is 0. The second-order valence-electron chi connectivity index (χ2n) is 12.6. The van der Waals surface area contributed by atoms with Gasteiger partial charge in [-0.15, -0.1) is 0 Å². The Labute approximate surface area is 254 Å². The molecule has 7 rings (SSSR count). The Morgan fingerprint density at radius 3 is 2.14 bits per heavy atom. The summed E-state index contributed by atoms with van der Waals surface area (Å²) in [5.74, 6) is -2.07. The van der Waals surface area contributed by atoms with Gasteiger partial charge in [-0.3, -0.25) is 14.4 Å². The maximum absolute atomic E-state index is 13.8. The van der Waals surface area contributed by atoms with E-state index in [1.54, 1.807) is 46.8 Å². The fourth-order valence-corrected chi connectivity index (χ4v) is 5.98. The molecule has 0 radical (unpaired) electrons. The molecule has 2 aromatic carbocycles. The SMILES string of the molecule is CC(C)(C)OC(=O)N1C2C3OC(C)(C)OC3C(ON2C(=O)OCc2ccccc2)C2C(NC(=O)Cc3ccccc3)C(=O)N21. The Morgan fingerprint density at radius 1 is 0.886 bits per heavy atom. The lowest BCUT2D eigenvalue weighted by atomic mass is 9.87. The fourth-order valence-electron chi connectivity index (χ4n) is 5.98. The number of carbonyl (C=O) groups is 4. The van der Waals surface area contributed by atoms with Crippen molar-refractivity contribution in [2.45, 2.75) is 95.6 Å². The Bertz CT molecular complexity index is 1430. The quantitative estimate of drug-likeness (QED) is 0.508. The summed E-state index contributed by atoms with van der Waals surface area (Å²) in [4.78, 5) is 60.6. The van der Waals surface area contributed by atoms with Gasteiger partial charge in [-0.2, -0.15) is 10.1 Å². The van der Waals surface area contributed by atoms with Crippen molar-refractivity contribution in [1.29, 1.82) is 0 Å². The molecule has 0 saturated carbocycles. The highest BCUT2D eigenvalue weighted by atomic mass is 16.8. The van der Waals surface area contributed by atoms with E-state index in [-0.39, 0.29) is 13.0 Å². The third kappa shape index (κ3) is 5.58. The first kappa shape index (κ1) is 29.9. The monoisotopic (exact) mass is 608 g/mol. The van der Waals surface area contributed by atoms with Crippen LogP contribution in [0.2, 0.25) is 0 Å². The topological polar surface area (TPSA) is 136 Å². The second kappa shape index (κ2) is 11.1. The normalized spacial score (nSPS) is 28.4. The first-order valence-electron chi connectivity index (χ1n) is 14.5. The van der Waals surface area contributed by atoms with Gasteiger partial charge in [0.1, 0.15) is 42.6 Å². The van der Waals surface area contributed by atoms with Gasteiger partial charge in [-0.1, -0.05) is 60.7 Å². The number of β-lactam (4-membered cyclic amide) rings is 1. The molecule has 6 atom stereocenters. The van der Waals surface area contributed by atoms with Gasteiger partial charge in [-0.25, -0.2) is 14.6 Å². The highest BCUT2D eigenvalue weighted by molar-refractivity contribution is 5.95. The van der Waals surface area contributed by atoms with Gasteiger partial charge >= 0.3 is 12.2 Å². The van der Waals surface area contributed by atoms with E-state index in [0.29, 0.717) is 0 Å². The molecular formula is C31H36N4O9. The van der Waals surface area contributed by atoms with E-state index in [1.807, 2.05) is 48.5 Å². The first-order valence-corrected chi connectivity index (χ1v) is 14.5. The van der Waals surface area contributed by atoms with Gasteiger partial charge in [0.15, 0.2) is 12.0 Å². The van der Waals surface area contributed by atoms with Crippen molar-refractivity contribution in [3.8, 4) is 0 Å². The van der Waals surface area contributed by atoms with E-state index >= 15 is 0 Å². The Balaban J connectivity index is 1.35. The van der Waals surface area contributed by atoms with Crippen LogP contribution in [0.5, 0.6) is 0 Å². The van der Waals surface area contributed by atoms with E-state index < -0.39 is 72.0 Å². The second-order valence-corrected chi connectivity index (χ2v) is 12.6. The Kier molecular flexibility index (Phi) is 7.50. The maximum Gasteiger partial charge on any atom is 0.436 e. The van der Waals surface area contributed by atoms with E-state index in [9.17, 15) is 19.2 Å². The van der Waals surface area contributed by atoms with Crippen molar-refractivity contribution in [2.24, 2.45) is 0 Å². The highest BCUT2D eigenvalue weighted by Gasteiger charge is 2.72. The fraction of sp³-hybridized carbons (Fsp3) is 0.484. The minimum absolute atomic E-state index is 0.0396. The molecule has 5 heterocycles. The van der Waals surface area contributed by atoms with Gasteiger partial charge in [0.25, 0.3) is 5.91 Å². The van der Waals surface area contributed by atoms with Crippen LogP contribution in [0.25, 0.3) is 0 Å². The number of rotatable bonds is 5. The summed E-state index contributed by atoms with van der Waals surface area (Å²) in [6, 6.07) is 16.2. The molecule has 2 bridgehead atoms. The summed E-state index contributed by atoms with van der Waals surface area (Å²) in [6.07, 6.45) is -5.87. The summed E-state index contributed by atoms with van der Waals surface area (Å²) >= 11 is 0. The zero-order valence-electron chi connectivity index (χ0n) is 25.2. The van der Waals surface area contributed by atoms with Crippen molar-refractivity contribution in [3.63, 3.8) is 0 Å². The van der Waals surface area contributed by atoms with Crippen LogP contribution in [0.4, 0.5) is 9.59 Å². The van der Waals surface area contributed by atoms with Crippen LogP contribution >= 0.6 is 0 Å². The predicted molar refractivity (Wildman–Crippen MR) is 152 cm³/mol.